The number of rotatable bonds is 5. The van der Waals surface area contributed by atoms with Crippen LogP contribution in [0.3, 0.4) is 0 Å². The molecular formula is C12H24N2O2. The third-order valence-corrected chi connectivity index (χ3v) is 3.21. The van der Waals surface area contributed by atoms with Gasteiger partial charge in [0.25, 0.3) is 0 Å². The first-order chi connectivity index (χ1) is 7.49. The molecule has 1 amide bonds. The van der Waals surface area contributed by atoms with Crippen molar-refractivity contribution in [2.45, 2.75) is 51.7 Å². The van der Waals surface area contributed by atoms with Gasteiger partial charge < -0.3 is 16.2 Å². The van der Waals surface area contributed by atoms with Crippen LogP contribution in [0.15, 0.2) is 0 Å². The quantitative estimate of drug-likeness (QED) is 0.646. The van der Waals surface area contributed by atoms with E-state index in [2.05, 4.69) is 5.32 Å². The van der Waals surface area contributed by atoms with E-state index < -0.39 is 0 Å². The Bertz CT molecular complexity index is 231. The molecule has 4 atom stereocenters. The highest BCUT2D eigenvalue weighted by molar-refractivity contribution is 5.78. The van der Waals surface area contributed by atoms with E-state index in [-0.39, 0.29) is 24.0 Å². The predicted molar refractivity (Wildman–Crippen MR) is 63.8 cm³/mol. The fraction of sp³-hybridized carbons (Fsp3) is 0.917. The zero-order valence-corrected chi connectivity index (χ0v) is 10.3. The maximum absolute atomic E-state index is 11.8. The highest BCUT2D eigenvalue weighted by Gasteiger charge is 2.27. The Morgan fingerprint density at radius 3 is 2.69 bits per heavy atom. The van der Waals surface area contributed by atoms with E-state index in [1.165, 1.54) is 0 Å². The van der Waals surface area contributed by atoms with Gasteiger partial charge in [-0.2, -0.15) is 0 Å². The van der Waals surface area contributed by atoms with Crippen LogP contribution in [0.1, 0.15) is 39.5 Å². The molecule has 94 valence electrons. The van der Waals surface area contributed by atoms with Crippen LogP contribution in [0.4, 0.5) is 0 Å². The minimum absolute atomic E-state index is 0.105. The van der Waals surface area contributed by atoms with Crippen molar-refractivity contribution in [3.63, 3.8) is 0 Å². The van der Waals surface area contributed by atoms with Gasteiger partial charge in [0.2, 0.25) is 5.91 Å². The van der Waals surface area contributed by atoms with Gasteiger partial charge in [-0.15, -0.1) is 0 Å². The molecule has 4 nitrogen and oxygen atoms in total. The van der Waals surface area contributed by atoms with E-state index in [0.717, 1.165) is 25.7 Å². The first-order valence-corrected chi connectivity index (χ1v) is 6.20. The molecule has 1 aliphatic rings. The summed E-state index contributed by atoms with van der Waals surface area (Å²) in [5.41, 5.74) is 5.77. The van der Waals surface area contributed by atoms with E-state index in [0.29, 0.717) is 12.5 Å². The number of carbonyl (C=O) groups excluding carboxylic acids is 1. The molecule has 0 bridgehead atoms. The van der Waals surface area contributed by atoms with Gasteiger partial charge in [0.15, 0.2) is 0 Å². The van der Waals surface area contributed by atoms with Crippen LogP contribution in [-0.2, 0) is 4.79 Å². The molecule has 4 unspecified atom stereocenters. The molecule has 1 aliphatic carbocycles. The van der Waals surface area contributed by atoms with Crippen molar-refractivity contribution in [3.8, 4) is 0 Å². The molecular weight excluding hydrogens is 204 g/mol. The number of nitrogens with one attached hydrogen (secondary N) is 1. The summed E-state index contributed by atoms with van der Waals surface area (Å²) in [5, 5.41) is 12.1. The van der Waals surface area contributed by atoms with Crippen molar-refractivity contribution in [2.24, 2.45) is 17.6 Å². The Hall–Kier alpha value is -0.610. The topological polar surface area (TPSA) is 75.3 Å². The molecule has 16 heavy (non-hydrogen) atoms. The molecule has 0 radical (unpaired) electrons. The number of amides is 1. The van der Waals surface area contributed by atoms with Crippen molar-refractivity contribution in [3.05, 3.63) is 0 Å². The third kappa shape index (κ3) is 4.49. The Morgan fingerprint density at radius 1 is 1.50 bits per heavy atom. The van der Waals surface area contributed by atoms with Crippen LogP contribution in [0.25, 0.3) is 0 Å². The van der Waals surface area contributed by atoms with Gasteiger partial charge in [-0.1, -0.05) is 6.92 Å². The molecule has 4 heteroatoms. The maximum Gasteiger partial charge on any atom is 0.223 e. The molecule has 1 saturated carbocycles. The largest absolute Gasteiger partial charge is 0.393 e. The van der Waals surface area contributed by atoms with Crippen LogP contribution in [0, 0.1) is 11.8 Å². The molecule has 0 aliphatic heterocycles. The maximum atomic E-state index is 11.8. The normalized spacial score (nSPS) is 28.8. The summed E-state index contributed by atoms with van der Waals surface area (Å²) in [7, 11) is 0. The molecule has 4 N–H and O–H groups in total. The monoisotopic (exact) mass is 228 g/mol. The van der Waals surface area contributed by atoms with Gasteiger partial charge in [0.05, 0.1) is 6.10 Å². The van der Waals surface area contributed by atoms with Gasteiger partial charge in [0.1, 0.15) is 0 Å². The van der Waals surface area contributed by atoms with Gasteiger partial charge >= 0.3 is 0 Å². The lowest BCUT2D eigenvalue weighted by atomic mass is 10.0. The van der Waals surface area contributed by atoms with Crippen LogP contribution in [0.5, 0.6) is 0 Å². The summed E-state index contributed by atoms with van der Waals surface area (Å²) in [4.78, 5) is 11.8. The van der Waals surface area contributed by atoms with E-state index in [9.17, 15) is 9.90 Å². The lowest BCUT2D eigenvalue weighted by Crippen LogP contribution is -2.34. The van der Waals surface area contributed by atoms with Crippen molar-refractivity contribution >= 4 is 5.91 Å². The molecule has 0 aromatic carbocycles. The van der Waals surface area contributed by atoms with E-state index in [1.807, 2.05) is 6.92 Å². The second kappa shape index (κ2) is 6.21. The highest BCUT2D eigenvalue weighted by Crippen LogP contribution is 2.24. The van der Waals surface area contributed by atoms with Gasteiger partial charge in [-0.3, -0.25) is 4.79 Å². The Labute approximate surface area is 97.6 Å². The molecule has 1 fully saturated rings. The van der Waals surface area contributed by atoms with Gasteiger partial charge in [-0.05, 0) is 38.5 Å². The fourth-order valence-electron chi connectivity index (χ4n) is 2.34. The highest BCUT2D eigenvalue weighted by atomic mass is 16.3. The van der Waals surface area contributed by atoms with Crippen LogP contribution >= 0.6 is 0 Å². The van der Waals surface area contributed by atoms with Crippen molar-refractivity contribution in [2.75, 3.05) is 6.54 Å². The second-order valence-corrected chi connectivity index (χ2v) is 5.21. The van der Waals surface area contributed by atoms with Crippen LogP contribution in [-0.4, -0.2) is 29.7 Å². The first-order valence-electron chi connectivity index (χ1n) is 6.20. The predicted octanol–water partition coefficient (Wildman–Crippen LogP) is 0.637. The zero-order valence-electron chi connectivity index (χ0n) is 10.3. The minimum Gasteiger partial charge on any atom is -0.393 e. The number of hydrogen-bond acceptors (Lipinski definition) is 3. The smallest absolute Gasteiger partial charge is 0.223 e. The Morgan fingerprint density at radius 2 is 2.19 bits per heavy atom. The molecule has 0 spiro atoms. The lowest BCUT2D eigenvalue weighted by molar-refractivity contribution is -0.125. The third-order valence-electron chi connectivity index (χ3n) is 3.21. The Kier molecular flexibility index (Phi) is 5.22. The number of nitrogens with two attached hydrogens (primary N) is 1. The lowest BCUT2D eigenvalue weighted by Gasteiger charge is -2.16. The molecule has 0 aromatic rings. The van der Waals surface area contributed by atoms with E-state index >= 15 is 0 Å². The van der Waals surface area contributed by atoms with Crippen LogP contribution in [0.2, 0.25) is 0 Å². The summed E-state index contributed by atoms with van der Waals surface area (Å²) < 4.78 is 0. The summed E-state index contributed by atoms with van der Waals surface area (Å²) in [6, 6.07) is 0.200. The average molecular weight is 228 g/mol. The summed E-state index contributed by atoms with van der Waals surface area (Å²) >= 11 is 0. The number of hydrogen-bond donors (Lipinski definition) is 3. The number of carbonyl (C=O) groups is 1. The van der Waals surface area contributed by atoms with Crippen LogP contribution < -0.4 is 11.1 Å². The van der Waals surface area contributed by atoms with E-state index in [1.54, 1.807) is 6.92 Å². The summed E-state index contributed by atoms with van der Waals surface area (Å²) in [5.74, 6) is 0.554. The minimum atomic E-state index is -0.299. The van der Waals surface area contributed by atoms with Crippen molar-refractivity contribution in [1.29, 1.82) is 0 Å². The fourth-order valence-corrected chi connectivity index (χ4v) is 2.34. The Balaban J connectivity index is 2.19. The summed E-state index contributed by atoms with van der Waals surface area (Å²) in [6.45, 7) is 4.46. The number of aliphatic hydroxyl groups is 1. The molecule has 0 aromatic heterocycles. The zero-order chi connectivity index (χ0) is 12.1. The second-order valence-electron chi connectivity index (χ2n) is 5.21. The molecule has 0 saturated heterocycles. The van der Waals surface area contributed by atoms with E-state index in [4.69, 9.17) is 5.73 Å². The molecule has 0 heterocycles. The van der Waals surface area contributed by atoms with Crippen molar-refractivity contribution in [1.82, 2.24) is 5.32 Å². The van der Waals surface area contributed by atoms with Crippen molar-refractivity contribution < 1.29 is 9.90 Å². The SMILES string of the molecule is CC(O)CC(C)CNC(=O)C1CCC(N)C1. The molecule has 1 rings (SSSR count). The summed E-state index contributed by atoms with van der Waals surface area (Å²) in [6.07, 6.45) is 3.12. The van der Waals surface area contributed by atoms with Gasteiger partial charge in [-0.25, -0.2) is 0 Å². The standard InChI is InChI=1S/C12H24N2O2/c1-8(5-9(2)15)7-14-12(16)10-3-4-11(13)6-10/h8-11,15H,3-7,13H2,1-2H3,(H,14,16). The first kappa shape index (κ1) is 13.5. The average Bonchev–Trinajstić information content (AvgIpc) is 2.60. The van der Waals surface area contributed by atoms with Gasteiger partial charge in [0, 0.05) is 18.5 Å². The number of aliphatic hydroxyl groups excluding tert-OH is 1.